The lowest BCUT2D eigenvalue weighted by Crippen LogP contribution is -2.47. The van der Waals surface area contributed by atoms with Crippen molar-refractivity contribution < 1.29 is 24.2 Å². The van der Waals surface area contributed by atoms with Crippen LogP contribution in [-0.2, 0) is 19.1 Å². The van der Waals surface area contributed by atoms with Gasteiger partial charge in [0.1, 0.15) is 12.6 Å². The standard InChI is InChI=1S/C8H15N3O5/c1-16-4-5(9)8(15)11-2-6(12)10-3-7(13)14/h5H,2-4,9H2,1H3,(H,10,12)(H,11,15)(H,13,14). The number of carboxylic acids is 1. The predicted octanol–water partition coefficient (Wildman–Crippen LogP) is -2.72. The van der Waals surface area contributed by atoms with Crippen molar-refractivity contribution in [1.29, 1.82) is 0 Å². The molecule has 2 amide bonds. The van der Waals surface area contributed by atoms with Crippen molar-refractivity contribution in [3.63, 3.8) is 0 Å². The Kier molecular flexibility index (Phi) is 6.81. The van der Waals surface area contributed by atoms with Crippen molar-refractivity contribution in [2.45, 2.75) is 6.04 Å². The second kappa shape index (κ2) is 7.60. The van der Waals surface area contributed by atoms with E-state index in [2.05, 4.69) is 15.4 Å². The molecule has 1 atom stereocenters. The molecule has 16 heavy (non-hydrogen) atoms. The zero-order valence-electron chi connectivity index (χ0n) is 8.86. The molecule has 0 saturated carbocycles. The Labute approximate surface area is 92.1 Å². The second-order valence-corrected chi connectivity index (χ2v) is 2.95. The first-order valence-electron chi connectivity index (χ1n) is 4.48. The Morgan fingerprint density at radius 1 is 1.31 bits per heavy atom. The molecule has 92 valence electrons. The second-order valence-electron chi connectivity index (χ2n) is 2.95. The summed E-state index contributed by atoms with van der Waals surface area (Å²) in [6.45, 7) is -0.759. The van der Waals surface area contributed by atoms with Crippen molar-refractivity contribution in [3.05, 3.63) is 0 Å². The van der Waals surface area contributed by atoms with Gasteiger partial charge in [0.15, 0.2) is 0 Å². The van der Waals surface area contributed by atoms with E-state index in [9.17, 15) is 14.4 Å². The number of carbonyl (C=O) groups is 3. The summed E-state index contributed by atoms with van der Waals surface area (Å²) in [5, 5.41) is 12.6. The fraction of sp³-hybridized carbons (Fsp3) is 0.625. The van der Waals surface area contributed by atoms with Gasteiger partial charge in [0.25, 0.3) is 0 Å². The molecular weight excluding hydrogens is 218 g/mol. The number of rotatable bonds is 7. The number of hydrogen-bond acceptors (Lipinski definition) is 5. The molecule has 0 aromatic rings. The van der Waals surface area contributed by atoms with Crippen LogP contribution >= 0.6 is 0 Å². The first-order valence-corrected chi connectivity index (χ1v) is 4.48. The highest BCUT2D eigenvalue weighted by Gasteiger charge is 2.13. The van der Waals surface area contributed by atoms with Gasteiger partial charge in [0, 0.05) is 7.11 Å². The van der Waals surface area contributed by atoms with E-state index in [-0.39, 0.29) is 13.2 Å². The molecule has 8 heteroatoms. The van der Waals surface area contributed by atoms with E-state index in [1.54, 1.807) is 0 Å². The molecule has 0 aliphatic heterocycles. The molecule has 0 aromatic carbocycles. The largest absolute Gasteiger partial charge is 0.480 e. The van der Waals surface area contributed by atoms with E-state index in [4.69, 9.17) is 10.8 Å². The molecule has 5 N–H and O–H groups in total. The first kappa shape index (κ1) is 14.3. The Hall–Kier alpha value is -1.67. The normalized spacial score (nSPS) is 11.6. The zero-order chi connectivity index (χ0) is 12.6. The lowest BCUT2D eigenvalue weighted by atomic mass is 10.3. The Morgan fingerprint density at radius 3 is 2.44 bits per heavy atom. The SMILES string of the molecule is COCC(N)C(=O)NCC(=O)NCC(=O)O. The van der Waals surface area contributed by atoms with Crippen LogP contribution in [0.4, 0.5) is 0 Å². The van der Waals surface area contributed by atoms with E-state index in [1.165, 1.54) is 7.11 Å². The van der Waals surface area contributed by atoms with Crippen LogP contribution in [0.5, 0.6) is 0 Å². The number of nitrogens with two attached hydrogens (primary N) is 1. The molecule has 1 unspecified atom stereocenters. The van der Waals surface area contributed by atoms with E-state index in [1.807, 2.05) is 0 Å². The van der Waals surface area contributed by atoms with Gasteiger partial charge in [-0.2, -0.15) is 0 Å². The summed E-state index contributed by atoms with van der Waals surface area (Å²) >= 11 is 0. The fourth-order valence-electron chi connectivity index (χ4n) is 0.790. The topological polar surface area (TPSA) is 131 Å². The van der Waals surface area contributed by atoms with Crippen LogP contribution in [-0.4, -0.2) is 55.7 Å². The average molecular weight is 233 g/mol. The molecule has 0 aliphatic carbocycles. The molecule has 0 bridgehead atoms. The molecule has 0 rings (SSSR count). The first-order chi connectivity index (χ1) is 7.47. The van der Waals surface area contributed by atoms with E-state index in [0.29, 0.717) is 0 Å². The molecule has 0 aliphatic rings. The van der Waals surface area contributed by atoms with Gasteiger partial charge in [-0.1, -0.05) is 0 Å². The smallest absolute Gasteiger partial charge is 0.322 e. The number of methoxy groups -OCH3 is 1. The maximum absolute atomic E-state index is 11.2. The summed E-state index contributed by atoms with van der Waals surface area (Å²) in [6, 6.07) is -0.850. The summed E-state index contributed by atoms with van der Waals surface area (Å²) in [6.07, 6.45) is 0. The van der Waals surface area contributed by atoms with Gasteiger partial charge in [-0.05, 0) is 0 Å². The quantitative estimate of drug-likeness (QED) is 0.378. The van der Waals surface area contributed by atoms with Crippen LogP contribution in [0.3, 0.4) is 0 Å². The van der Waals surface area contributed by atoms with Crippen molar-refractivity contribution in [2.75, 3.05) is 26.8 Å². The van der Waals surface area contributed by atoms with Gasteiger partial charge in [-0.3, -0.25) is 14.4 Å². The molecule has 8 nitrogen and oxygen atoms in total. The monoisotopic (exact) mass is 233 g/mol. The summed E-state index contributed by atoms with van der Waals surface area (Å²) in [4.78, 5) is 32.2. The maximum Gasteiger partial charge on any atom is 0.322 e. The third kappa shape index (κ3) is 6.74. The molecule has 0 fully saturated rings. The predicted molar refractivity (Wildman–Crippen MR) is 53.5 cm³/mol. The summed E-state index contributed by atoms with van der Waals surface area (Å²) in [7, 11) is 1.40. The third-order valence-electron chi connectivity index (χ3n) is 1.54. The lowest BCUT2D eigenvalue weighted by molar-refractivity contribution is -0.137. The average Bonchev–Trinajstić information content (AvgIpc) is 2.23. The minimum Gasteiger partial charge on any atom is -0.480 e. The van der Waals surface area contributed by atoms with E-state index < -0.39 is 30.4 Å². The number of carboxylic acid groups (broad SMARTS) is 1. The lowest BCUT2D eigenvalue weighted by Gasteiger charge is -2.10. The highest BCUT2D eigenvalue weighted by molar-refractivity contribution is 5.88. The molecule has 0 saturated heterocycles. The van der Waals surface area contributed by atoms with Crippen LogP contribution in [0, 0.1) is 0 Å². The molecular formula is C8H15N3O5. The summed E-state index contributed by atoms with van der Waals surface area (Å²) < 4.78 is 4.65. The van der Waals surface area contributed by atoms with Crippen molar-refractivity contribution >= 4 is 17.8 Å². The maximum atomic E-state index is 11.2. The van der Waals surface area contributed by atoms with Crippen molar-refractivity contribution in [3.8, 4) is 0 Å². The molecule has 0 heterocycles. The van der Waals surface area contributed by atoms with Gasteiger partial charge in [0.05, 0.1) is 13.2 Å². The Bertz CT molecular complexity index is 268. The van der Waals surface area contributed by atoms with Gasteiger partial charge in [-0.15, -0.1) is 0 Å². The Balaban J connectivity index is 3.74. The molecule has 0 radical (unpaired) electrons. The van der Waals surface area contributed by atoms with E-state index >= 15 is 0 Å². The number of aliphatic carboxylic acids is 1. The van der Waals surface area contributed by atoms with Crippen molar-refractivity contribution in [1.82, 2.24) is 10.6 Å². The van der Waals surface area contributed by atoms with Gasteiger partial charge in [-0.25, -0.2) is 0 Å². The number of ether oxygens (including phenoxy) is 1. The molecule has 0 aromatic heterocycles. The Morgan fingerprint density at radius 2 is 1.94 bits per heavy atom. The fourth-order valence-corrected chi connectivity index (χ4v) is 0.790. The van der Waals surface area contributed by atoms with Gasteiger partial charge < -0.3 is 26.2 Å². The summed E-state index contributed by atoms with van der Waals surface area (Å²) in [5.41, 5.74) is 5.37. The number of nitrogens with one attached hydrogen (secondary N) is 2. The van der Waals surface area contributed by atoms with Gasteiger partial charge in [0.2, 0.25) is 11.8 Å². The highest BCUT2D eigenvalue weighted by atomic mass is 16.5. The summed E-state index contributed by atoms with van der Waals surface area (Å²) in [5.74, 6) is -2.29. The third-order valence-corrected chi connectivity index (χ3v) is 1.54. The number of hydrogen-bond donors (Lipinski definition) is 4. The number of carbonyl (C=O) groups excluding carboxylic acids is 2. The van der Waals surface area contributed by atoms with Gasteiger partial charge >= 0.3 is 5.97 Å². The van der Waals surface area contributed by atoms with Crippen LogP contribution < -0.4 is 16.4 Å². The molecule has 0 spiro atoms. The minimum absolute atomic E-state index is 0.0442. The van der Waals surface area contributed by atoms with Crippen molar-refractivity contribution in [2.24, 2.45) is 5.73 Å². The van der Waals surface area contributed by atoms with E-state index in [0.717, 1.165) is 0 Å². The highest BCUT2D eigenvalue weighted by Crippen LogP contribution is 1.79. The zero-order valence-corrected chi connectivity index (χ0v) is 8.86. The number of amides is 2. The van der Waals surface area contributed by atoms with Crippen LogP contribution in [0.15, 0.2) is 0 Å². The van der Waals surface area contributed by atoms with Crippen LogP contribution in [0.1, 0.15) is 0 Å². The van der Waals surface area contributed by atoms with Crippen LogP contribution in [0.2, 0.25) is 0 Å². The minimum atomic E-state index is -1.16. The van der Waals surface area contributed by atoms with Crippen LogP contribution in [0.25, 0.3) is 0 Å².